The van der Waals surface area contributed by atoms with E-state index in [2.05, 4.69) is 22.8 Å². The van der Waals surface area contributed by atoms with Crippen molar-refractivity contribution in [3.8, 4) is 5.75 Å². The highest BCUT2D eigenvalue weighted by atomic mass is 16.3. The summed E-state index contributed by atoms with van der Waals surface area (Å²) in [5.74, 6) is -0.563. The van der Waals surface area contributed by atoms with Gasteiger partial charge in [-0.05, 0) is 36.1 Å². The second kappa shape index (κ2) is 5.89. The van der Waals surface area contributed by atoms with Crippen LogP contribution in [-0.2, 0) is 17.6 Å². The molecular formula is C17H16N2O3. The summed E-state index contributed by atoms with van der Waals surface area (Å²) in [6.45, 7) is 0. The third kappa shape index (κ3) is 2.65. The number of carbonyl (C=O) groups is 2. The summed E-state index contributed by atoms with van der Waals surface area (Å²) in [7, 11) is 0. The normalized spacial score (nSPS) is 13.5. The lowest BCUT2D eigenvalue weighted by Gasteiger charge is -2.14. The average molecular weight is 296 g/mol. The minimum absolute atomic E-state index is 0.0204. The van der Waals surface area contributed by atoms with Crippen molar-refractivity contribution >= 4 is 18.0 Å². The van der Waals surface area contributed by atoms with Crippen LogP contribution in [0.1, 0.15) is 21.5 Å². The van der Waals surface area contributed by atoms with E-state index in [0.29, 0.717) is 6.41 Å². The van der Waals surface area contributed by atoms with Gasteiger partial charge in [0.2, 0.25) is 6.41 Å². The predicted molar refractivity (Wildman–Crippen MR) is 82.9 cm³/mol. The largest absolute Gasteiger partial charge is 0.505 e. The highest BCUT2D eigenvalue weighted by Crippen LogP contribution is 2.28. The van der Waals surface area contributed by atoms with Crippen LogP contribution in [0.25, 0.3) is 0 Å². The summed E-state index contributed by atoms with van der Waals surface area (Å²) in [5.41, 5.74) is 2.86. The lowest BCUT2D eigenvalue weighted by Crippen LogP contribution is -2.35. The topological polar surface area (TPSA) is 78.4 Å². The van der Waals surface area contributed by atoms with Gasteiger partial charge in [-0.25, -0.2) is 0 Å². The molecule has 1 aliphatic carbocycles. The fourth-order valence-corrected chi connectivity index (χ4v) is 2.83. The Hall–Kier alpha value is -2.82. The van der Waals surface area contributed by atoms with Crippen molar-refractivity contribution in [2.24, 2.45) is 0 Å². The van der Waals surface area contributed by atoms with E-state index in [1.807, 2.05) is 12.1 Å². The molecule has 0 fully saturated rings. The number of fused-ring (bicyclic) bond motifs is 1. The number of amides is 2. The van der Waals surface area contributed by atoms with Gasteiger partial charge in [0.05, 0.1) is 11.3 Å². The first-order chi connectivity index (χ1) is 10.7. The molecular weight excluding hydrogens is 280 g/mol. The molecule has 0 aliphatic heterocycles. The summed E-state index contributed by atoms with van der Waals surface area (Å²) >= 11 is 0. The number of carbonyl (C=O) groups excluding carboxylic acids is 2. The molecule has 5 nitrogen and oxygen atoms in total. The van der Waals surface area contributed by atoms with Crippen LogP contribution < -0.4 is 10.6 Å². The molecule has 0 radical (unpaired) electrons. The van der Waals surface area contributed by atoms with E-state index in [1.165, 1.54) is 23.3 Å². The summed E-state index contributed by atoms with van der Waals surface area (Å²) in [5, 5.41) is 15.4. The molecule has 2 aromatic rings. The monoisotopic (exact) mass is 296 g/mol. The van der Waals surface area contributed by atoms with Gasteiger partial charge in [0.25, 0.3) is 5.91 Å². The van der Waals surface area contributed by atoms with Crippen LogP contribution in [0.4, 0.5) is 5.69 Å². The molecule has 3 N–H and O–H groups in total. The molecule has 0 spiro atoms. The third-order valence-electron chi connectivity index (χ3n) is 3.88. The van der Waals surface area contributed by atoms with Gasteiger partial charge in [-0.2, -0.15) is 0 Å². The Bertz CT molecular complexity index is 703. The van der Waals surface area contributed by atoms with Gasteiger partial charge in [0.15, 0.2) is 5.75 Å². The van der Waals surface area contributed by atoms with Gasteiger partial charge in [-0.3, -0.25) is 9.59 Å². The van der Waals surface area contributed by atoms with Crippen molar-refractivity contribution in [3.63, 3.8) is 0 Å². The average Bonchev–Trinajstić information content (AvgIpc) is 2.91. The van der Waals surface area contributed by atoms with Crippen LogP contribution in [0.3, 0.4) is 0 Å². The number of aromatic hydroxyl groups is 1. The Morgan fingerprint density at radius 1 is 1.09 bits per heavy atom. The van der Waals surface area contributed by atoms with Crippen molar-refractivity contribution in [1.82, 2.24) is 5.32 Å². The molecule has 5 heteroatoms. The molecule has 0 aromatic heterocycles. The molecule has 0 unspecified atom stereocenters. The van der Waals surface area contributed by atoms with Crippen molar-refractivity contribution in [3.05, 3.63) is 59.2 Å². The van der Waals surface area contributed by atoms with E-state index in [9.17, 15) is 14.7 Å². The fraction of sp³-hybridized carbons (Fsp3) is 0.176. The minimum Gasteiger partial charge on any atom is -0.505 e. The van der Waals surface area contributed by atoms with E-state index in [-0.39, 0.29) is 28.9 Å². The van der Waals surface area contributed by atoms with Crippen molar-refractivity contribution in [2.45, 2.75) is 18.9 Å². The number of phenols is 1. The van der Waals surface area contributed by atoms with Gasteiger partial charge < -0.3 is 15.7 Å². The van der Waals surface area contributed by atoms with Crippen molar-refractivity contribution in [1.29, 1.82) is 0 Å². The van der Waals surface area contributed by atoms with Gasteiger partial charge in [0, 0.05) is 6.04 Å². The smallest absolute Gasteiger partial charge is 0.255 e. The van der Waals surface area contributed by atoms with Crippen LogP contribution in [0.15, 0.2) is 42.5 Å². The maximum atomic E-state index is 12.3. The number of hydrogen-bond donors (Lipinski definition) is 3. The zero-order valence-electron chi connectivity index (χ0n) is 11.9. The van der Waals surface area contributed by atoms with E-state index in [4.69, 9.17) is 0 Å². The fourth-order valence-electron chi connectivity index (χ4n) is 2.83. The highest BCUT2D eigenvalue weighted by molar-refractivity contribution is 5.99. The SMILES string of the molecule is O=CNc1cccc(C(=O)NC2Cc3ccccc3C2)c1O. The first-order valence-corrected chi connectivity index (χ1v) is 7.09. The number of hydrogen-bond acceptors (Lipinski definition) is 3. The van der Waals surface area contributed by atoms with Crippen molar-refractivity contribution in [2.75, 3.05) is 5.32 Å². The minimum atomic E-state index is -0.343. The molecule has 0 saturated carbocycles. The van der Waals surface area contributed by atoms with E-state index in [1.54, 1.807) is 6.07 Å². The number of anilines is 1. The lowest BCUT2D eigenvalue weighted by atomic mass is 10.1. The maximum absolute atomic E-state index is 12.3. The molecule has 2 aromatic carbocycles. The number of nitrogens with one attached hydrogen (secondary N) is 2. The van der Waals surface area contributed by atoms with Gasteiger partial charge in [0.1, 0.15) is 0 Å². The molecule has 0 bridgehead atoms. The number of phenolic OH excluding ortho intramolecular Hbond substituents is 1. The molecule has 3 rings (SSSR count). The Morgan fingerprint density at radius 3 is 2.41 bits per heavy atom. The van der Waals surface area contributed by atoms with E-state index >= 15 is 0 Å². The summed E-state index contributed by atoms with van der Waals surface area (Å²) in [6, 6.07) is 12.8. The van der Waals surface area contributed by atoms with Crippen LogP contribution in [0.2, 0.25) is 0 Å². The molecule has 2 amide bonds. The molecule has 0 heterocycles. The number of benzene rings is 2. The van der Waals surface area contributed by atoms with Crippen molar-refractivity contribution < 1.29 is 14.7 Å². The van der Waals surface area contributed by atoms with E-state index in [0.717, 1.165) is 12.8 Å². The number of rotatable bonds is 4. The van der Waals surface area contributed by atoms with Crippen LogP contribution in [-0.4, -0.2) is 23.5 Å². The second-order valence-electron chi connectivity index (χ2n) is 5.31. The quantitative estimate of drug-likeness (QED) is 0.595. The second-order valence-corrected chi connectivity index (χ2v) is 5.31. The van der Waals surface area contributed by atoms with Crippen LogP contribution in [0.5, 0.6) is 5.75 Å². The van der Waals surface area contributed by atoms with Gasteiger partial charge >= 0.3 is 0 Å². The number of para-hydroxylation sites is 1. The summed E-state index contributed by atoms with van der Waals surface area (Å²) < 4.78 is 0. The summed E-state index contributed by atoms with van der Waals surface area (Å²) in [4.78, 5) is 22.8. The maximum Gasteiger partial charge on any atom is 0.255 e. The molecule has 0 saturated heterocycles. The van der Waals surface area contributed by atoms with Crippen LogP contribution in [0, 0.1) is 0 Å². The zero-order chi connectivity index (χ0) is 15.5. The predicted octanol–water partition coefficient (Wildman–Crippen LogP) is 1.86. The highest BCUT2D eigenvalue weighted by Gasteiger charge is 2.24. The summed E-state index contributed by atoms with van der Waals surface area (Å²) in [6.07, 6.45) is 2.04. The zero-order valence-corrected chi connectivity index (χ0v) is 11.9. The third-order valence-corrected chi connectivity index (χ3v) is 3.88. The standard InChI is InChI=1S/C17H16N2O3/c20-10-18-15-7-3-6-14(16(15)21)17(22)19-13-8-11-4-1-2-5-12(11)9-13/h1-7,10,13,21H,8-9H2,(H,18,20)(H,19,22). The first-order valence-electron chi connectivity index (χ1n) is 7.09. The van der Waals surface area contributed by atoms with E-state index < -0.39 is 0 Å². The first kappa shape index (κ1) is 14.1. The Labute approximate surface area is 128 Å². The molecule has 1 aliphatic rings. The van der Waals surface area contributed by atoms with Gasteiger partial charge in [-0.15, -0.1) is 0 Å². The van der Waals surface area contributed by atoms with Gasteiger partial charge in [-0.1, -0.05) is 30.3 Å². The Balaban J connectivity index is 1.74. The molecule has 0 atom stereocenters. The Kier molecular flexibility index (Phi) is 3.78. The van der Waals surface area contributed by atoms with Crippen LogP contribution >= 0.6 is 0 Å². The lowest BCUT2D eigenvalue weighted by molar-refractivity contribution is -0.105. The molecule has 112 valence electrons. The molecule has 22 heavy (non-hydrogen) atoms. The Morgan fingerprint density at radius 2 is 1.77 bits per heavy atom.